The van der Waals surface area contributed by atoms with Gasteiger partial charge in [-0.2, -0.15) is 4.31 Å². The second-order valence-electron chi connectivity index (χ2n) is 7.73. The highest BCUT2D eigenvalue weighted by atomic mass is 32.2. The van der Waals surface area contributed by atoms with Gasteiger partial charge in [0.05, 0.1) is 29.6 Å². The number of morpholine rings is 1. The molecule has 184 valence electrons. The molecule has 0 radical (unpaired) electrons. The third kappa shape index (κ3) is 5.56. The number of nitrogens with zero attached hydrogens (tertiary/aromatic N) is 3. The fraction of sp³-hybridized carbons (Fsp3) is 0.261. The lowest BCUT2D eigenvalue weighted by atomic mass is 10.1. The topological polar surface area (TPSA) is 136 Å². The summed E-state index contributed by atoms with van der Waals surface area (Å²) < 4.78 is 55.8. The van der Waals surface area contributed by atoms with E-state index in [1.54, 1.807) is 37.3 Å². The summed E-state index contributed by atoms with van der Waals surface area (Å²) in [7, 11) is -7.05. The first-order valence-corrected chi connectivity index (χ1v) is 14.0. The summed E-state index contributed by atoms with van der Waals surface area (Å²) in [6.07, 6.45) is 0. The molecule has 35 heavy (non-hydrogen) atoms. The molecule has 1 N–H and O–H groups in total. The van der Waals surface area contributed by atoms with E-state index in [4.69, 9.17) is 4.74 Å². The van der Waals surface area contributed by atoms with Crippen LogP contribution < -0.4 is 5.32 Å². The lowest BCUT2D eigenvalue weighted by Crippen LogP contribution is -2.40. The van der Waals surface area contributed by atoms with Crippen LogP contribution in [0.5, 0.6) is 0 Å². The zero-order chi connectivity index (χ0) is 25.1. The first-order chi connectivity index (χ1) is 16.7. The number of benzene rings is 2. The van der Waals surface area contributed by atoms with Crippen LogP contribution in [0.15, 0.2) is 70.6 Å². The predicted molar refractivity (Wildman–Crippen MR) is 129 cm³/mol. The van der Waals surface area contributed by atoms with Crippen molar-refractivity contribution in [2.75, 3.05) is 37.4 Å². The van der Waals surface area contributed by atoms with Crippen molar-refractivity contribution in [1.82, 2.24) is 14.5 Å². The Morgan fingerprint density at radius 2 is 1.57 bits per heavy atom. The van der Waals surface area contributed by atoms with Crippen LogP contribution in [-0.4, -0.2) is 69.3 Å². The Labute approximate surface area is 203 Å². The van der Waals surface area contributed by atoms with Crippen LogP contribution in [0.4, 0.5) is 5.69 Å². The average molecular weight is 517 g/mol. The number of hydrogen-bond donors (Lipinski definition) is 1. The molecule has 0 bridgehead atoms. The van der Waals surface area contributed by atoms with Crippen molar-refractivity contribution in [2.24, 2.45) is 0 Å². The molecule has 2 aromatic carbocycles. The SMILES string of the molecule is CCS(=O)(=O)c1ccc(-c2ccc(NC(=O)c3ccc(S(=O)(=O)N4CCOCC4)cc3)cc2)nn1. The highest BCUT2D eigenvalue weighted by Gasteiger charge is 2.26. The number of hydrogen-bond acceptors (Lipinski definition) is 8. The first kappa shape index (κ1) is 24.9. The van der Waals surface area contributed by atoms with E-state index in [1.807, 2.05) is 0 Å². The van der Waals surface area contributed by atoms with Gasteiger partial charge >= 0.3 is 0 Å². The van der Waals surface area contributed by atoms with Crippen LogP contribution in [-0.2, 0) is 24.6 Å². The molecule has 12 heteroatoms. The Balaban J connectivity index is 1.42. The molecule has 0 atom stereocenters. The van der Waals surface area contributed by atoms with Crippen LogP contribution in [0.2, 0.25) is 0 Å². The van der Waals surface area contributed by atoms with E-state index in [2.05, 4.69) is 15.5 Å². The van der Waals surface area contributed by atoms with Crippen molar-refractivity contribution >= 4 is 31.5 Å². The van der Waals surface area contributed by atoms with E-state index < -0.39 is 19.9 Å². The molecule has 0 aliphatic carbocycles. The van der Waals surface area contributed by atoms with E-state index in [0.29, 0.717) is 48.8 Å². The van der Waals surface area contributed by atoms with E-state index in [1.165, 1.54) is 34.6 Å². The molecule has 1 aromatic heterocycles. The van der Waals surface area contributed by atoms with Gasteiger partial charge in [0.2, 0.25) is 10.0 Å². The van der Waals surface area contributed by atoms with Crippen molar-refractivity contribution in [2.45, 2.75) is 16.8 Å². The van der Waals surface area contributed by atoms with Crippen LogP contribution in [0.25, 0.3) is 11.3 Å². The minimum Gasteiger partial charge on any atom is -0.379 e. The number of aromatic nitrogens is 2. The van der Waals surface area contributed by atoms with Gasteiger partial charge in [-0.05, 0) is 48.5 Å². The predicted octanol–water partition coefficient (Wildman–Crippen LogP) is 2.21. The summed E-state index contributed by atoms with van der Waals surface area (Å²) in [5.41, 5.74) is 2.04. The zero-order valence-corrected chi connectivity index (χ0v) is 20.5. The minimum absolute atomic E-state index is 0.0537. The normalized spacial score (nSPS) is 15.0. The highest BCUT2D eigenvalue weighted by molar-refractivity contribution is 7.91. The largest absolute Gasteiger partial charge is 0.379 e. The Hall–Kier alpha value is -3.19. The van der Waals surface area contributed by atoms with Gasteiger partial charge in [0, 0.05) is 29.9 Å². The third-order valence-corrected chi connectivity index (χ3v) is 9.03. The number of sulfone groups is 1. The molecular formula is C23H24N4O6S2. The summed E-state index contributed by atoms with van der Waals surface area (Å²) >= 11 is 0. The maximum Gasteiger partial charge on any atom is 0.255 e. The first-order valence-electron chi connectivity index (χ1n) is 10.9. The van der Waals surface area contributed by atoms with Crippen molar-refractivity contribution in [3.05, 3.63) is 66.2 Å². The van der Waals surface area contributed by atoms with E-state index in [-0.39, 0.29) is 21.6 Å². The van der Waals surface area contributed by atoms with Gasteiger partial charge in [-0.15, -0.1) is 10.2 Å². The van der Waals surface area contributed by atoms with Gasteiger partial charge in [0.25, 0.3) is 5.91 Å². The van der Waals surface area contributed by atoms with Crippen LogP contribution >= 0.6 is 0 Å². The van der Waals surface area contributed by atoms with E-state index in [9.17, 15) is 21.6 Å². The van der Waals surface area contributed by atoms with Crippen LogP contribution in [0, 0.1) is 0 Å². The lowest BCUT2D eigenvalue weighted by Gasteiger charge is -2.26. The fourth-order valence-electron chi connectivity index (χ4n) is 3.43. The van der Waals surface area contributed by atoms with Gasteiger partial charge in [-0.3, -0.25) is 4.79 Å². The monoisotopic (exact) mass is 516 g/mol. The van der Waals surface area contributed by atoms with Gasteiger partial charge < -0.3 is 10.1 Å². The minimum atomic E-state index is -3.63. The molecule has 2 heterocycles. The van der Waals surface area contributed by atoms with Gasteiger partial charge in [-0.1, -0.05) is 19.1 Å². The molecule has 0 unspecified atom stereocenters. The van der Waals surface area contributed by atoms with Crippen molar-refractivity contribution in [1.29, 1.82) is 0 Å². The quantitative estimate of drug-likeness (QED) is 0.505. The molecule has 3 aromatic rings. The number of rotatable bonds is 7. The number of carbonyl (C=O) groups excluding carboxylic acids is 1. The molecule has 0 saturated carbocycles. The zero-order valence-electron chi connectivity index (χ0n) is 18.9. The summed E-state index contributed by atoms with van der Waals surface area (Å²) in [4.78, 5) is 12.7. The fourth-order valence-corrected chi connectivity index (χ4v) is 5.57. The molecule has 4 rings (SSSR count). The number of amides is 1. The smallest absolute Gasteiger partial charge is 0.255 e. The van der Waals surface area contributed by atoms with Crippen molar-refractivity contribution in [3.63, 3.8) is 0 Å². The molecule has 1 aliphatic rings. The van der Waals surface area contributed by atoms with Gasteiger partial charge in [0.1, 0.15) is 0 Å². The van der Waals surface area contributed by atoms with E-state index in [0.717, 1.165) is 0 Å². The van der Waals surface area contributed by atoms with Crippen molar-refractivity contribution in [3.8, 4) is 11.3 Å². The second-order valence-corrected chi connectivity index (χ2v) is 11.9. The van der Waals surface area contributed by atoms with Crippen LogP contribution in [0.3, 0.4) is 0 Å². The Bertz CT molecular complexity index is 1400. The maximum atomic E-state index is 12.7. The number of anilines is 1. The highest BCUT2D eigenvalue weighted by Crippen LogP contribution is 2.22. The van der Waals surface area contributed by atoms with Crippen LogP contribution in [0.1, 0.15) is 17.3 Å². The summed E-state index contributed by atoms with van der Waals surface area (Å²) in [6, 6.07) is 15.6. The second kappa shape index (κ2) is 10.2. The Morgan fingerprint density at radius 1 is 0.914 bits per heavy atom. The Kier molecular flexibility index (Phi) is 7.26. The standard InChI is InChI=1S/C23H24N4O6S2/c1-2-34(29,30)22-12-11-21(25-26-22)17-3-7-19(8-4-17)24-23(28)18-5-9-20(10-6-18)35(31,32)27-13-15-33-16-14-27/h3-12H,2,13-16H2,1H3,(H,24,28). The maximum absolute atomic E-state index is 12.7. The third-order valence-electron chi connectivity index (χ3n) is 5.50. The van der Waals surface area contributed by atoms with Gasteiger partial charge in [0.15, 0.2) is 14.9 Å². The molecule has 10 nitrogen and oxygen atoms in total. The molecule has 1 amide bonds. The molecule has 1 fully saturated rings. The Morgan fingerprint density at radius 3 is 2.14 bits per heavy atom. The summed E-state index contributed by atoms with van der Waals surface area (Å²) in [5, 5.41) is 10.5. The number of sulfonamides is 1. The summed E-state index contributed by atoms with van der Waals surface area (Å²) in [6.45, 7) is 2.86. The molecule has 0 spiro atoms. The average Bonchev–Trinajstić information content (AvgIpc) is 2.90. The number of carbonyl (C=O) groups is 1. The lowest BCUT2D eigenvalue weighted by molar-refractivity contribution is 0.0730. The molecule has 1 aliphatic heterocycles. The van der Waals surface area contributed by atoms with Gasteiger partial charge in [-0.25, -0.2) is 16.8 Å². The molecule has 1 saturated heterocycles. The number of nitrogens with one attached hydrogen (secondary N) is 1. The molecular weight excluding hydrogens is 492 g/mol. The summed E-state index contributed by atoms with van der Waals surface area (Å²) in [5.74, 6) is -0.441. The number of ether oxygens (including phenoxy) is 1. The van der Waals surface area contributed by atoms with E-state index >= 15 is 0 Å². The van der Waals surface area contributed by atoms with Crippen molar-refractivity contribution < 1.29 is 26.4 Å².